The maximum atomic E-state index is 12.9. The molecule has 0 radical (unpaired) electrons. The van der Waals surface area contributed by atoms with E-state index in [2.05, 4.69) is 15.9 Å². The molecule has 0 amide bonds. The molecule has 2 rings (SSSR count). The van der Waals surface area contributed by atoms with Crippen molar-refractivity contribution in [3.8, 4) is 0 Å². The molecule has 0 unspecified atom stereocenters. The first kappa shape index (κ1) is 8.20. The lowest BCUT2D eigenvalue weighted by Gasteiger charge is -1.99. The SMILES string of the molecule is N[C@@H]1C[C@H]1c1cc(F)cc(Br)c1. The molecule has 1 aromatic rings. The summed E-state index contributed by atoms with van der Waals surface area (Å²) in [6, 6.07) is 5.18. The Bertz CT molecular complexity index is 293. The molecule has 1 fully saturated rings. The van der Waals surface area contributed by atoms with Crippen LogP contribution in [0.4, 0.5) is 4.39 Å². The summed E-state index contributed by atoms with van der Waals surface area (Å²) in [5.41, 5.74) is 6.67. The molecule has 12 heavy (non-hydrogen) atoms. The van der Waals surface area contributed by atoms with Crippen LogP contribution in [0.15, 0.2) is 22.7 Å². The van der Waals surface area contributed by atoms with Gasteiger partial charge in [0, 0.05) is 16.4 Å². The Kier molecular flexibility index (Phi) is 1.93. The Balaban J connectivity index is 2.32. The van der Waals surface area contributed by atoms with E-state index in [4.69, 9.17) is 5.73 Å². The van der Waals surface area contributed by atoms with Crippen LogP contribution in [0.2, 0.25) is 0 Å². The van der Waals surface area contributed by atoms with E-state index < -0.39 is 0 Å². The number of nitrogens with two attached hydrogens (primary N) is 1. The maximum absolute atomic E-state index is 12.9. The third-order valence-electron chi connectivity index (χ3n) is 2.15. The lowest BCUT2D eigenvalue weighted by atomic mass is 10.1. The third-order valence-corrected chi connectivity index (χ3v) is 2.61. The molecule has 64 valence electrons. The van der Waals surface area contributed by atoms with Crippen molar-refractivity contribution in [2.24, 2.45) is 5.73 Å². The van der Waals surface area contributed by atoms with E-state index in [0.29, 0.717) is 5.92 Å². The van der Waals surface area contributed by atoms with Gasteiger partial charge in [0.25, 0.3) is 0 Å². The van der Waals surface area contributed by atoms with Crippen LogP contribution in [0.5, 0.6) is 0 Å². The molecule has 1 aliphatic rings. The summed E-state index contributed by atoms with van der Waals surface area (Å²) in [7, 11) is 0. The number of halogens is 2. The predicted octanol–water partition coefficient (Wildman–Crippen LogP) is 2.40. The van der Waals surface area contributed by atoms with Crippen LogP contribution < -0.4 is 5.73 Å². The number of benzene rings is 1. The third kappa shape index (κ3) is 1.52. The van der Waals surface area contributed by atoms with Crippen molar-refractivity contribution in [3.63, 3.8) is 0 Å². The zero-order valence-electron chi connectivity index (χ0n) is 6.43. The van der Waals surface area contributed by atoms with Crippen LogP contribution in [0, 0.1) is 5.82 Å². The van der Waals surface area contributed by atoms with Crippen molar-refractivity contribution in [2.45, 2.75) is 18.4 Å². The highest BCUT2D eigenvalue weighted by Gasteiger charge is 2.35. The van der Waals surface area contributed by atoms with Gasteiger partial charge in [-0.05, 0) is 30.2 Å². The summed E-state index contributed by atoms with van der Waals surface area (Å²) in [5, 5.41) is 0. The van der Waals surface area contributed by atoms with Gasteiger partial charge in [-0.15, -0.1) is 0 Å². The minimum atomic E-state index is -0.196. The monoisotopic (exact) mass is 229 g/mol. The molecule has 2 atom stereocenters. The van der Waals surface area contributed by atoms with Crippen LogP contribution in [0.3, 0.4) is 0 Å². The van der Waals surface area contributed by atoms with Gasteiger partial charge in [-0.2, -0.15) is 0 Å². The first-order chi connectivity index (χ1) is 5.66. The highest BCUT2D eigenvalue weighted by molar-refractivity contribution is 9.10. The van der Waals surface area contributed by atoms with Crippen LogP contribution in [-0.2, 0) is 0 Å². The summed E-state index contributed by atoms with van der Waals surface area (Å²) >= 11 is 3.25. The molecule has 0 aromatic heterocycles. The van der Waals surface area contributed by atoms with E-state index in [-0.39, 0.29) is 11.9 Å². The molecule has 0 saturated heterocycles. The normalized spacial score (nSPS) is 27.2. The summed E-state index contributed by atoms with van der Waals surface area (Å²) < 4.78 is 13.7. The van der Waals surface area contributed by atoms with Crippen molar-refractivity contribution in [1.29, 1.82) is 0 Å². The fourth-order valence-electron chi connectivity index (χ4n) is 1.39. The van der Waals surface area contributed by atoms with Gasteiger partial charge in [-0.1, -0.05) is 15.9 Å². The number of hydrogen-bond donors (Lipinski definition) is 1. The first-order valence-corrected chi connectivity index (χ1v) is 4.67. The van der Waals surface area contributed by atoms with E-state index in [0.717, 1.165) is 16.5 Å². The van der Waals surface area contributed by atoms with E-state index in [1.54, 1.807) is 6.07 Å². The summed E-state index contributed by atoms with van der Waals surface area (Å²) in [4.78, 5) is 0. The molecule has 0 heterocycles. The smallest absolute Gasteiger partial charge is 0.124 e. The molecule has 0 aliphatic heterocycles. The Morgan fingerprint density at radius 3 is 2.58 bits per heavy atom. The Morgan fingerprint density at radius 1 is 1.42 bits per heavy atom. The molecule has 1 aliphatic carbocycles. The first-order valence-electron chi connectivity index (χ1n) is 3.88. The fourth-order valence-corrected chi connectivity index (χ4v) is 1.87. The summed E-state index contributed by atoms with van der Waals surface area (Å²) in [6.45, 7) is 0. The topological polar surface area (TPSA) is 26.0 Å². The van der Waals surface area contributed by atoms with Gasteiger partial charge >= 0.3 is 0 Å². The van der Waals surface area contributed by atoms with Gasteiger partial charge < -0.3 is 5.73 Å². The average molecular weight is 230 g/mol. The second-order valence-corrected chi connectivity index (χ2v) is 4.12. The lowest BCUT2D eigenvalue weighted by molar-refractivity contribution is 0.624. The Morgan fingerprint density at radius 2 is 2.08 bits per heavy atom. The zero-order chi connectivity index (χ0) is 8.72. The van der Waals surface area contributed by atoms with Crippen LogP contribution in [0.25, 0.3) is 0 Å². The van der Waals surface area contributed by atoms with Gasteiger partial charge in [-0.25, -0.2) is 4.39 Å². The highest BCUT2D eigenvalue weighted by atomic mass is 79.9. The molecular formula is C9H9BrFN. The Hall–Kier alpha value is -0.410. The molecule has 1 nitrogen and oxygen atoms in total. The fraction of sp³-hybridized carbons (Fsp3) is 0.333. The van der Waals surface area contributed by atoms with E-state index in [9.17, 15) is 4.39 Å². The second-order valence-electron chi connectivity index (χ2n) is 3.21. The lowest BCUT2D eigenvalue weighted by Crippen LogP contribution is -2.01. The van der Waals surface area contributed by atoms with Gasteiger partial charge in [0.2, 0.25) is 0 Å². The molecule has 1 aromatic carbocycles. The molecular weight excluding hydrogens is 221 g/mol. The number of rotatable bonds is 1. The maximum Gasteiger partial charge on any atom is 0.124 e. The predicted molar refractivity (Wildman–Crippen MR) is 49.4 cm³/mol. The van der Waals surface area contributed by atoms with Crippen molar-refractivity contribution in [1.82, 2.24) is 0 Å². The van der Waals surface area contributed by atoms with Crippen molar-refractivity contribution >= 4 is 15.9 Å². The van der Waals surface area contributed by atoms with Crippen LogP contribution in [0.1, 0.15) is 17.9 Å². The van der Waals surface area contributed by atoms with E-state index >= 15 is 0 Å². The van der Waals surface area contributed by atoms with Crippen molar-refractivity contribution in [3.05, 3.63) is 34.1 Å². The molecule has 3 heteroatoms. The van der Waals surface area contributed by atoms with Crippen molar-refractivity contribution < 1.29 is 4.39 Å². The minimum absolute atomic E-state index is 0.196. The molecule has 0 spiro atoms. The quantitative estimate of drug-likeness (QED) is 0.787. The van der Waals surface area contributed by atoms with E-state index in [1.165, 1.54) is 6.07 Å². The highest BCUT2D eigenvalue weighted by Crippen LogP contribution is 2.39. The second kappa shape index (κ2) is 2.82. The largest absolute Gasteiger partial charge is 0.327 e. The van der Waals surface area contributed by atoms with Gasteiger partial charge in [0.05, 0.1) is 0 Å². The molecule has 0 bridgehead atoms. The standard InChI is InChI=1S/C9H9BrFN/c10-6-1-5(2-7(11)3-6)8-4-9(8)12/h1-3,8-9H,4,12H2/t8-,9+/m0/s1. The molecule has 1 saturated carbocycles. The van der Waals surface area contributed by atoms with Gasteiger partial charge in [0.15, 0.2) is 0 Å². The van der Waals surface area contributed by atoms with Gasteiger partial charge in [-0.3, -0.25) is 0 Å². The minimum Gasteiger partial charge on any atom is -0.327 e. The van der Waals surface area contributed by atoms with Crippen LogP contribution in [-0.4, -0.2) is 6.04 Å². The summed E-state index contributed by atoms with van der Waals surface area (Å²) in [5.74, 6) is 0.176. The number of hydrogen-bond acceptors (Lipinski definition) is 1. The van der Waals surface area contributed by atoms with Crippen molar-refractivity contribution in [2.75, 3.05) is 0 Å². The summed E-state index contributed by atoms with van der Waals surface area (Å²) in [6.07, 6.45) is 0.982. The Labute approximate surface area is 78.9 Å². The zero-order valence-corrected chi connectivity index (χ0v) is 8.01. The van der Waals surface area contributed by atoms with Gasteiger partial charge in [0.1, 0.15) is 5.82 Å². The van der Waals surface area contributed by atoms with Crippen LogP contribution >= 0.6 is 15.9 Å². The molecule has 2 N–H and O–H groups in total. The van der Waals surface area contributed by atoms with E-state index in [1.807, 2.05) is 6.07 Å². The average Bonchev–Trinajstić information content (AvgIpc) is 2.64.